The fraction of sp³-hybridized carbons (Fsp3) is 0.485. The van der Waals surface area contributed by atoms with E-state index >= 15 is 0 Å². The van der Waals surface area contributed by atoms with Crippen molar-refractivity contribution in [2.75, 3.05) is 43.4 Å². The smallest absolute Gasteiger partial charge is 0.321 e. The summed E-state index contributed by atoms with van der Waals surface area (Å²) >= 11 is 0. The summed E-state index contributed by atoms with van der Waals surface area (Å²) in [6.07, 6.45) is 4.38. The second-order valence-corrected chi connectivity index (χ2v) is 13.8. The van der Waals surface area contributed by atoms with Crippen molar-refractivity contribution in [1.82, 2.24) is 19.4 Å². The molecule has 4 atom stereocenters. The molecule has 47 heavy (non-hydrogen) atoms. The Morgan fingerprint density at radius 3 is 2.57 bits per heavy atom. The zero-order valence-electron chi connectivity index (χ0n) is 27.6. The number of para-hydroxylation sites is 1. The Labute approximate surface area is 276 Å². The topological polar surface area (TPSA) is 155 Å². The summed E-state index contributed by atoms with van der Waals surface area (Å²) in [6.45, 7) is 6.22. The number of benzene rings is 2. The number of carbonyl (C=O) groups excluding carboxylic acids is 2. The van der Waals surface area contributed by atoms with Crippen LogP contribution in [0.3, 0.4) is 0 Å². The van der Waals surface area contributed by atoms with Gasteiger partial charge in [-0.15, -0.1) is 0 Å². The maximum Gasteiger partial charge on any atom is 0.321 e. The first-order valence-corrected chi connectivity index (χ1v) is 17.3. The van der Waals surface area contributed by atoms with Crippen LogP contribution in [0.5, 0.6) is 5.75 Å². The molecule has 14 heteroatoms. The van der Waals surface area contributed by atoms with Crippen LogP contribution in [0.4, 0.5) is 16.2 Å². The maximum absolute atomic E-state index is 14.3. The third-order valence-corrected chi connectivity index (χ3v) is 9.35. The highest BCUT2D eigenvalue weighted by atomic mass is 32.2. The Hall–Kier alpha value is -4.14. The first-order valence-electron chi connectivity index (χ1n) is 15.8. The summed E-state index contributed by atoms with van der Waals surface area (Å²) in [7, 11) is -0.664. The van der Waals surface area contributed by atoms with Crippen molar-refractivity contribution in [3.05, 3.63) is 66.6 Å². The number of aromatic nitrogens is 2. The molecule has 1 aromatic heterocycles. The third-order valence-electron chi connectivity index (χ3n) is 8.09. The van der Waals surface area contributed by atoms with Gasteiger partial charge in [0.1, 0.15) is 5.75 Å². The molecule has 3 N–H and O–H groups in total. The lowest BCUT2D eigenvalue weighted by molar-refractivity contribution is -0.0115. The number of ether oxygens (including phenoxy) is 2. The molecule has 1 aliphatic rings. The van der Waals surface area contributed by atoms with Crippen LogP contribution in [-0.2, 0) is 21.8 Å². The van der Waals surface area contributed by atoms with Crippen LogP contribution in [0, 0.1) is 5.92 Å². The Morgan fingerprint density at radius 1 is 1.15 bits per heavy atom. The molecule has 0 spiro atoms. The monoisotopic (exact) mass is 670 g/mol. The second kappa shape index (κ2) is 16.1. The van der Waals surface area contributed by atoms with E-state index in [1.807, 2.05) is 44.2 Å². The van der Waals surface area contributed by atoms with Gasteiger partial charge in [0.05, 0.1) is 36.7 Å². The summed E-state index contributed by atoms with van der Waals surface area (Å²) in [5, 5.41) is 12.9. The van der Waals surface area contributed by atoms with Crippen LogP contribution in [-0.4, -0.2) is 96.4 Å². The normalized spacial score (nSPS) is 20.3. The van der Waals surface area contributed by atoms with Gasteiger partial charge in [-0.05, 0) is 63.4 Å². The quantitative estimate of drug-likeness (QED) is 0.323. The van der Waals surface area contributed by atoms with Crippen molar-refractivity contribution in [3.63, 3.8) is 0 Å². The molecule has 0 unspecified atom stereocenters. The number of aliphatic hydroxyl groups is 1. The number of sulfonamides is 1. The Kier molecular flexibility index (Phi) is 12.2. The van der Waals surface area contributed by atoms with E-state index in [-0.39, 0.29) is 54.0 Å². The Bertz CT molecular complexity index is 1600. The molecule has 0 aliphatic carbocycles. The number of amides is 3. The number of nitrogens with one attached hydrogen (secondary N) is 2. The van der Waals surface area contributed by atoms with Crippen LogP contribution >= 0.6 is 0 Å². The molecule has 3 aromatic rings. The highest BCUT2D eigenvalue weighted by Gasteiger charge is 2.31. The van der Waals surface area contributed by atoms with Gasteiger partial charge >= 0.3 is 6.03 Å². The van der Waals surface area contributed by atoms with Crippen molar-refractivity contribution in [2.45, 2.75) is 63.3 Å². The van der Waals surface area contributed by atoms with E-state index in [1.54, 1.807) is 43.0 Å². The lowest BCUT2D eigenvalue weighted by atomic mass is 10.0. The van der Waals surface area contributed by atoms with Gasteiger partial charge in [0.25, 0.3) is 15.9 Å². The molecule has 2 heterocycles. The third kappa shape index (κ3) is 9.69. The SMILES string of the molecule is C[C@H](CO)N1C[C@H](C)[C@@H](CN(C)C(=O)Nc2ccccc2)OCCCC[C@H](C)Oc2ccc(NS(=O)(=O)c3cn(C)cn3)cc2C1=O. The van der Waals surface area contributed by atoms with E-state index in [2.05, 4.69) is 15.0 Å². The molecule has 3 amide bonds. The lowest BCUT2D eigenvalue weighted by Crippen LogP contribution is -2.48. The molecule has 0 bridgehead atoms. The van der Waals surface area contributed by atoms with Gasteiger partial charge in [0.15, 0.2) is 5.03 Å². The lowest BCUT2D eigenvalue weighted by Gasteiger charge is -2.35. The van der Waals surface area contributed by atoms with E-state index in [0.717, 1.165) is 12.8 Å². The molecular weight excluding hydrogens is 624 g/mol. The average Bonchev–Trinajstić information content (AvgIpc) is 3.50. The van der Waals surface area contributed by atoms with Crippen molar-refractivity contribution >= 4 is 33.3 Å². The van der Waals surface area contributed by atoms with Gasteiger partial charge in [0.2, 0.25) is 0 Å². The first kappa shape index (κ1) is 35.7. The Balaban J connectivity index is 1.62. The van der Waals surface area contributed by atoms with Crippen molar-refractivity contribution in [1.29, 1.82) is 0 Å². The van der Waals surface area contributed by atoms with Gasteiger partial charge in [0, 0.05) is 57.3 Å². The van der Waals surface area contributed by atoms with E-state index in [4.69, 9.17) is 9.47 Å². The van der Waals surface area contributed by atoms with Gasteiger partial charge in [-0.1, -0.05) is 25.1 Å². The predicted octanol–water partition coefficient (Wildman–Crippen LogP) is 4.18. The molecule has 0 saturated carbocycles. The molecule has 1 aliphatic heterocycles. The molecule has 0 saturated heterocycles. The fourth-order valence-corrected chi connectivity index (χ4v) is 6.31. The number of hydrogen-bond donors (Lipinski definition) is 3. The zero-order valence-corrected chi connectivity index (χ0v) is 28.4. The minimum Gasteiger partial charge on any atom is -0.490 e. The maximum atomic E-state index is 14.3. The highest BCUT2D eigenvalue weighted by Crippen LogP contribution is 2.29. The van der Waals surface area contributed by atoms with Crippen LogP contribution in [0.2, 0.25) is 0 Å². The molecule has 0 radical (unpaired) electrons. The van der Waals surface area contributed by atoms with Crippen molar-refractivity contribution in [2.24, 2.45) is 13.0 Å². The van der Waals surface area contributed by atoms with E-state index in [1.165, 1.54) is 23.2 Å². The summed E-state index contributed by atoms with van der Waals surface area (Å²) in [5.74, 6) is -0.379. The van der Waals surface area contributed by atoms with Crippen LogP contribution in [0.25, 0.3) is 0 Å². The standard InChI is InChI=1S/C33H46N6O7S/c1-23-18-39(24(2)21-40)32(41)28-17-27(36-47(43,44)31-20-37(4)22-34-31)14-15-29(28)46-25(3)11-9-10-16-45-30(23)19-38(5)33(42)35-26-12-7-6-8-13-26/h6-8,12-15,17,20,22-25,30,36,40H,9-11,16,18-19,21H2,1-5H3,(H,35,42)/t23-,24+,25-,30+/m0/s1. The number of rotatable bonds is 8. The highest BCUT2D eigenvalue weighted by molar-refractivity contribution is 7.92. The number of imidazole rings is 1. The number of aryl methyl sites for hydroxylation is 1. The molecular formula is C33H46N6O7S. The van der Waals surface area contributed by atoms with Crippen molar-refractivity contribution < 1.29 is 32.6 Å². The summed E-state index contributed by atoms with van der Waals surface area (Å²) in [4.78, 5) is 34.4. The predicted molar refractivity (Wildman–Crippen MR) is 179 cm³/mol. The number of aliphatic hydroxyl groups excluding tert-OH is 1. The first-order chi connectivity index (χ1) is 22.4. The van der Waals surface area contributed by atoms with E-state index in [0.29, 0.717) is 24.5 Å². The molecule has 2 aromatic carbocycles. The minimum absolute atomic E-state index is 0.152. The van der Waals surface area contributed by atoms with Crippen LogP contribution in [0.1, 0.15) is 50.4 Å². The molecule has 13 nitrogen and oxygen atoms in total. The van der Waals surface area contributed by atoms with Crippen LogP contribution in [0.15, 0.2) is 66.1 Å². The minimum atomic E-state index is -4.03. The van der Waals surface area contributed by atoms with Gasteiger partial charge < -0.3 is 34.3 Å². The zero-order chi connectivity index (χ0) is 34.1. The number of nitrogens with zero attached hydrogens (tertiary/aromatic N) is 4. The molecule has 256 valence electrons. The largest absolute Gasteiger partial charge is 0.490 e. The fourth-order valence-electron chi connectivity index (χ4n) is 5.28. The Morgan fingerprint density at radius 2 is 1.89 bits per heavy atom. The van der Waals surface area contributed by atoms with Gasteiger partial charge in [-0.2, -0.15) is 8.42 Å². The summed E-state index contributed by atoms with van der Waals surface area (Å²) < 4.78 is 42.7. The number of fused-ring (bicyclic) bond motifs is 1. The summed E-state index contributed by atoms with van der Waals surface area (Å²) in [6, 6.07) is 12.9. The summed E-state index contributed by atoms with van der Waals surface area (Å²) in [5.41, 5.74) is 0.992. The number of urea groups is 1. The van der Waals surface area contributed by atoms with Gasteiger partial charge in [-0.25, -0.2) is 9.78 Å². The number of carbonyl (C=O) groups is 2. The van der Waals surface area contributed by atoms with E-state index in [9.17, 15) is 23.1 Å². The molecule has 4 rings (SSSR count). The van der Waals surface area contributed by atoms with Crippen LogP contribution < -0.4 is 14.8 Å². The number of likely N-dealkylation sites (N-methyl/N-ethyl adjacent to an activating group) is 1. The molecule has 0 fully saturated rings. The number of hydrogen-bond acceptors (Lipinski definition) is 8. The second-order valence-electron chi connectivity index (χ2n) is 12.2. The van der Waals surface area contributed by atoms with E-state index < -0.39 is 28.1 Å². The number of anilines is 2. The average molecular weight is 671 g/mol. The van der Waals surface area contributed by atoms with Gasteiger partial charge in [-0.3, -0.25) is 9.52 Å². The van der Waals surface area contributed by atoms with Crippen molar-refractivity contribution in [3.8, 4) is 5.75 Å².